The minimum absolute atomic E-state index is 0.186. The Hall–Kier alpha value is -2.09. The Morgan fingerprint density at radius 2 is 1.85 bits per heavy atom. The first-order chi connectivity index (χ1) is 9.40. The predicted octanol–water partition coefficient (Wildman–Crippen LogP) is 1.89. The van der Waals surface area contributed by atoms with Crippen LogP contribution in [0.5, 0.6) is 0 Å². The number of hydrogen-bond donors (Lipinski definition) is 4. The summed E-state index contributed by atoms with van der Waals surface area (Å²) < 4.78 is 0.646. The van der Waals surface area contributed by atoms with E-state index >= 15 is 0 Å². The van der Waals surface area contributed by atoms with E-state index in [0.29, 0.717) is 10.2 Å². The zero-order chi connectivity index (χ0) is 15.1. The summed E-state index contributed by atoms with van der Waals surface area (Å²) in [5.74, 6) is -2.40. The Kier molecular flexibility index (Phi) is 5.98. The molecule has 0 heterocycles. The highest BCUT2D eigenvalue weighted by atomic mass is 79.9. The van der Waals surface area contributed by atoms with Crippen LogP contribution in [0.15, 0.2) is 28.7 Å². The number of benzene rings is 1. The third-order valence-electron chi connectivity index (χ3n) is 2.37. The second kappa shape index (κ2) is 7.49. The number of urea groups is 1. The molecule has 0 aromatic heterocycles. The molecule has 1 unspecified atom stereocenters. The lowest BCUT2D eigenvalue weighted by atomic mass is 10.1. The molecule has 1 rings (SSSR count). The average molecular weight is 345 g/mol. The Morgan fingerprint density at radius 1 is 1.20 bits per heavy atom. The van der Waals surface area contributed by atoms with Gasteiger partial charge in [0, 0.05) is 10.9 Å². The molecule has 0 aliphatic carbocycles. The number of nitrogens with one attached hydrogen (secondary N) is 2. The second-order valence-electron chi connectivity index (χ2n) is 3.90. The summed E-state index contributed by atoms with van der Waals surface area (Å²) >= 11 is 3.23. The van der Waals surface area contributed by atoms with Crippen molar-refractivity contribution >= 4 is 39.6 Å². The summed E-state index contributed by atoms with van der Waals surface area (Å²) in [7, 11) is 0. The first-order valence-electron chi connectivity index (χ1n) is 5.67. The average Bonchev–Trinajstić information content (AvgIpc) is 2.36. The van der Waals surface area contributed by atoms with Crippen LogP contribution in [0, 0.1) is 0 Å². The van der Waals surface area contributed by atoms with E-state index in [9.17, 15) is 14.4 Å². The van der Waals surface area contributed by atoms with Crippen molar-refractivity contribution in [2.75, 3.05) is 5.32 Å². The smallest absolute Gasteiger partial charge is 0.326 e. The Bertz CT molecular complexity index is 520. The summed E-state index contributed by atoms with van der Waals surface area (Å²) in [6.07, 6.45) is -0.527. The van der Waals surface area contributed by atoms with Crippen LogP contribution in [-0.2, 0) is 9.59 Å². The van der Waals surface area contributed by atoms with E-state index in [1.165, 1.54) is 0 Å². The molecule has 2 amide bonds. The maximum atomic E-state index is 11.7. The maximum absolute atomic E-state index is 11.7. The van der Waals surface area contributed by atoms with Gasteiger partial charge in [-0.25, -0.2) is 9.59 Å². The van der Waals surface area contributed by atoms with Crippen LogP contribution in [0.3, 0.4) is 0 Å². The highest BCUT2D eigenvalue weighted by Gasteiger charge is 2.21. The van der Waals surface area contributed by atoms with Crippen molar-refractivity contribution in [3.05, 3.63) is 28.7 Å². The van der Waals surface area contributed by atoms with Crippen molar-refractivity contribution in [3.8, 4) is 0 Å². The van der Waals surface area contributed by atoms with Crippen LogP contribution in [0.25, 0.3) is 0 Å². The van der Waals surface area contributed by atoms with Crippen LogP contribution in [0.1, 0.15) is 12.8 Å². The van der Waals surface area contributed by atoms with Gasteiger partial charge in [-0.15, -0.1) is 0 Å². The largest absolute Gasteiger partial charge is 0.481 e. The van der Waals surface area contributed by atoms with Crippen LogP contribution in [0.4, 0.5) is 10.5 Å². The van der Waals surface area contributed by atoms with E-state index < -0.39 is 24.0 Å². The second-order valence-corrected chi connectivity index (χ2v) is 4.76. The summed E-state index contributed by atoms with van der Waals surface area (Å²) in [6.45, 7) is 0. The highest BCUT2D eigenvalue weighted by Crippen LogP contribution is 2.20. The van der Waals surface area contributed by atoms with Gasteiger partial charge in [0.05, 0.1) is 5.69 Å². The highest BCUT2D eigenvalue weighted by molar-refractivity contribution is 9.10. The molecule has 1 atom stereocenters. The lowest BCUT2D eigenvalue weighted by molar-refractivity contribution is -0.140. The number of carboxylic acids is 2. The Morgan fingerprint density at radius 3 is 2.40 bits per heavy atom. The van der Waals surface area contributed by atoms with E-state index in [1.54, 1.807) is 24.3 Å². The number of aliphatic carboxylic acids is 2. The summed E-state index contributed by atoms with van der Waals surface area (Å²) in [6, 6.07) is 4.86. The lowest BCUT2D eigenvalue weighted by Gasteiger charge is -2.14. The fraction of sp³-hybridized carbons (Fsp3) is 0.250. The number of para-hydroxylation sites is 1. The monoisotopic (exact) mass is 344 g/mol. The standard InChI is InChI=1S/C12H13BrN2O5/c13-7-3-1-2-4-8(7)14-12(20)15-9(11(18)19)5-6-10(16)17/h1-4,9H,5-6H2,(H,16,17)(H,18,19)(H2,14,15,20). The normalized spacial score (nSPS) is 11.4. The minimum atomic E-state index is -1.28. The molecule has 8 heteroatoms. The van der Waals surface area contributed by atoms with Gasteiger partial charge < -0.3 is 20.8 Å². The molecule has 0 saturated heterocycles. The maximum Gasteiger partial charge on any atom is 0.326 e. The molecule has 108 valence electrons. The number of carbonyl (C=O) groups excluding carboxylic acids is 1. The minimum Gasteiger partial charge on any atom is -0.481 e. The molecule has 0 fully saturated rings. The van der Waals surface area contributed by atoms with Gasteiger partial charge in [0.25, 0.3) is 0 Å². The third-order valence-corrected chi connectivity index (χ3v) is 3.06. The van der Waals surface area contributed by atoms with E-state index in [1.807, 2.05) is 0 Å². The number of amides is 2. The summed E-state index contributed by atoms with van der Waals surface area (Å²) in [5.41, 5.74) is 0.479. The third kappa shape index (κ3) is 5.27. The molecule has 0 saturated carbocycles. The van der Waals surface area contributed by atoms with Crippen molar-refractivity contribution < 1.29 is 24.6 Å². The lowest BCUT2D eigenvalue weighted by Crippen LogP contribution is -2.43. The fourth-order valence-electron chi connectivity index (χ4n) is 1.40. The molecule has 20 heavy (non-hydrogen) atoms. The summed E-state index contributed by atoms with van der Waals surface area (Å²) in [4.78, 5) is 33.0. The zero-order valence-corrected chi connectivity index (χ0v) is 11.9. The first kappa shape index (κ1) is 16.0. The van der Waals surface area contributed by atoms with E-state index in [0.717, 1.165) is 0 Å². The van der Waals surface area contributed by atoms with Gasteiger partial charge in [0.1, 0.15) is 6.04 Å². The Labute approximate surface area is 123 Å². The number of hydrogen-bond acceptors (Lipinski definition) is 3. The van der Waals surface area contributed by atoms with Crippen molar-refractivity contribution in [2.45, 2.75) is 18.9 Å². The van der Waals surface area contributed by atoms with Crippen molar-refractivity contribution in [1.29, 1.82) is 0 Å². The molecule has 0 aliphatic rings. The molecule has 0 radical (unpaired) electrons. The van der Waals surface area contributed by atoms with Gasteiger partial charge in [-0.2, -0.15) is 0 Å². The van der Waals surface area contributed by atoms with Gasteiger partial charge in [-0.05, 0) is 34.5 Å². The first-order valence-corrected chi connectivity index (χ1v) is 6.46. The van der Waals surface area contributed by atoms with Crippen LogP contribution < -0.4 is 10.6 Å². The van der Waals surface area contributed by atoms with E-state index in [2.05, 4.69) is 26.6 Å². The van der Waals surface area contributed by atoms with Crippen molar-refractivity contribution in [3.63, 3.8) is 0 Å². The Balaban J connectivity index is 2.60. The zero-order valence-electron chi connectivity index (χ0n) is 10.3. The molecule has 0 spiro atoms. The number of carboxylic acid groups (broad SMARTS) is 2. The molecule has 7 nitrogen and oxygen atoms in total. The van der Waals surface area contributed by atoms with Gasteiger partial charge in [-0.3, -0.25) is 4.79 Å². The molecular formula is C12H13BrN2O5. The molecule has 4 N–H and O–H groups in total. The van der Waals surface area contributed by atoms with E-state index in [4.69, 9.17) is 10.2 Å². The SMILES string of the molecule is O=C(O)CCC(NC(=O)Nc1ccccc1Br)C(=O)O. The van der Waals surface area contributed by atoms with Crippen LogP contribution in [0.2, 0.25) is 0 Å². The molecule has 0 bridgehead atoms. The van der Waals surface area contributed by atoms with Gasteiger partial charge in [0.2, 0.25) is 0 Å². The van der Waals surface area contributed by atoms with Gasteiger partial charge in [0.15, 0.2) is 0 Å². The fourth-order valence-corrected chi connectivity index (χ4v) is 1.79. The van der Waals surface area contributed by atoms with Crippen molar-refractivity contribution in [2.24, 2.45) is 0 Å². The van der Waals surface area contributed by atoms with Crippen molar-refractivity contribution in [1.82, 2.24) is 5.32 Å². The van der Waals surface area contributed by atoms with Crippen LogP contribution >= 0.6 is 15.9 Å². The van der Waals surface area contributed by atoms with E-state index in [-0.39, 0.29) is 12.8 Å². The van der Waals surface area contributed by atoms with Gasteiger partial charge in [-0.1, -0.05) is 12.1 Å². The number of rotatable bonds is 6. The molecule has 1 aromatic carbocycles. The molecule has 1 aromatic rings. The summed E-state index contributed by atoms with van der Waals surface area (Å²) in [5, 5.41) is 22.1. The number of carbonyl (C=O) groups is 3. The van der Waals surface area contributed by atoms with Gasteiger partial charge >= 0.3 is 18.0 Å². The molecular weight excluding hydrogens is 332 g/mol. The number of halogens is 1. The number of anilines is 1. The predicted molar refractivity (Wildman–Crippen MR) is 74.6 cm³/mol. The quantitative estimate of drug-likeness (QED) is 0.628. The topological polar surface area (TPSA) is 116 Å². The molecule has 0 aliphatic heterocycles. The van der Waals surface area contributed by atoms with Crippen LogP contribution in [-0.4, -0.2) is 34.2 Å².